The van der Waals surface area contributed by atoms with Crippen LogP contribution in [0.4, 0.5) is 10.2 Å². The molecule has 0 radical (unpaired) electrons. The van der Waals surface area contributed by atoms with E-state index in [2.05, 4.69) is 5.32 Å². The summed E-state index contributed by atoms with van der Waals surface area (Å²) in [4.78, 5) is 24.0. The number of hydrogen-bond donors (Lipinski definition) is 1. The summed E-state index contributed by atoms with van der Waals surface area (Å²) in [6.07, 6.45) is 4.07. The van der Waals surface area contributed by atoms with Gasteiger partial charge in [-0.1, -0.05) is 12.1 Å². The van der Waals surface area contributed by atoms with Crippen molar-refractivity contribution >= 4 is 11.7 Å². The van der Waals surface area contributed by atoms with Crippen molar-refractivity contribution in [2.45, 2.75) is 44.9 Å². The molecule has 4 rings (SSSR count). The van der Waals surface area contributed by atoms with Gasteiger partial charge in [0.15, 0.2) is 0 Å². The third kappa shape index (κ3) is 3.86. The number of amides is 1. The van der Waals surface area contributed by atoms with Crippen molar-refractivity contribution in [3.8, 4) is 0 Å². The minimum atomic E-state index is -0.243. The molecule has 1 atom stereocenters. The standard InChI is InChI=1S/C21H25FN4O/c1-14-18-8-9-19(27)26(12-10-15-4-6-17(22)7-5-15)21(18)25-20(24-14)16-3-2-11-23-13-16/h4-7,16,23H,2-3,8-13H2,1H3/t16-/m1/s1. The van der Waals surface area contributed by atoms with Gasteiger partial charge in [-0.25, -0.2) is 14.4 Å². The van der Waals surface area contributed by atoms with Crippen molar-refractivity contribution in [1.82, 2.24) is 15.3 Å². The third-order valence-corrected chi connectivity index (χ3v) is 5.55. The molecular formula is C21H25FN4O. The predicted molar refractivity (Wildman–Crippen MR) is 102 cm³/mol. The number of hydrogen-bond acceptors (Lipinski definition) is 4. The van der Waals surface area contributed by atoms with Crippen molar-refractivity contribution in [2.24, 2.45) is 0 Å². The van der Waals surface area contributed by atoms with Crippen molar-refractivity contribution in [1.29, 1.82) is 0 Å². The number of aryl methyl sites for hydroxylation is 1. The molecule has 2 aromatic rings. The quantitative estimate of drug-likeness (QED) is 0.902. The fraction of sp³-hybridized carbons (Fsp3) is 0.476. The predicted octanol–water partition coefficient (Wildman–Crippen LogP) is 2.91. The first kappa shape index (κ1) is 18.0. The van der Waals surface area contributed by atoms with Gasteiger partial charge in [-0.3, -0.25) is 9.69 Å². The van der Waals surface area contributed by atoms with Crippen LogP contribution in [0.5, 0.6) is 0 Å². The lowest BCUT2D eigenvalue weighted by atomic mass is 9.97. The molecule has 27 heavy (non-hydrogen) atoms. The van der Waals surface area contributed by atoms with Crippen LogP contribution in [0.3, 0.4) is 0 Å². The van der Waals surface area contributed by atoms with Crippen LogP contribution in [0.2, 0.25) is 0 Å². The van der Waals surface area contributed by atoms with E-state index in [4.69, 9.17) is 9.97 Å². The zero-order valence-corrected chi connectivity index (χ0v) is 15.7. The van der Waals surface area contributed by atoms with Gasteiger partial charge in [0, 0.05) is 36.7 Å². The number of halogens is 1. The first-order chi connectivity index (χ1) is 13.1. The van der Waals surface area contributed by atoms with Crippen molar-refractivity contribution < 1.29 is 9.18 Å². The number of rotatable bonds is 4. The molecule has 0 bridgehead atoms. The van der Waals surface area contributed by atoms with E-state index in [1.807, 2.05) is 6.92 Å². The second-order valence-corrected chi connectivity index (χ2v) is 7.43. The molecule has 142 valence electrons. The Balaban J connectivity index is 1.60. The van der Waals surface area contributed by atoms with E-state index in [9.17, 15) is 9.18 Å². The second kappa shape index (κ2) is 7.72. The summed E-state index contributed by atoms with van der Waals surface area (Å²) in [5, 5.41) is 3.41. The maximum Gasteiger partial charge on any atom is 0.228 e. The fourth-order valence-electron chi connectivity index (χ4n) is 3.98. The molecule has 1 aromatic carbocycles. The summed E-state index contributed by atoms with van der Waals surface area (Å²) < 4.78 is 13.1. The van der Waals surface area contributed by atoms with E-state index in [1.165, 1.54) is 12.1 Å². The summed E-state index contributed by atoms with van der Waals surface area (Å²) in [6.45, 7) is 4.51. The normalized spacial score (nSPS) is 19.9. The number of aromatic nitrogens is 2. The summed E-state index contributed by atoms with van der Waals surface area (Å²) in [5.74, 6) is 1.79. The highest BCUT2D eigenvalue weighted by Gasteiger charge is 2.29. The first-order valence-electron chi connectivity index (χ1n) is 9.75. The molecule has 0 spiro atoms. The van der Waals surface area contributed by atoms with E-state index in [-0.39, 0.29) is 11.7 Å². The van der Waals surface area contributed by atoms with Gasteiger partial charge in [0.2, 0.25) is 5.91 Å². The van der Waals surface area contributed by atoms with Gasteiger partial charge in [0.25, 0.3) is 0 Å². The minimum absolute atomic E-state index is 0.107. The second-order valence-electron chi connectivity index (χ2n) is 7.43. The molecule has 2 aliphatic rings. The van der Waals surface area contributed by atoms with E-state index in [1.54, 1.807) is 17.0 Å². The van der Waals surface area contributed by atoms with E-state index < -0.39 is 0 Å². The van der Waals surface area contributed by atoms with E-state index in [0.29, 0.717) is 31.7 Å². The first-order valence-corrected chi connectivity index (χ1v) is 9.75. The Kier molecular flexibility index (Phi) is 5.16. The largest absolute Gasteiger partial charge is 0.316 e. The van der Waals surface area contributed by atoms with Crippen molar-refractivity contribution in [3.63, 3.8) is 0 Å². The number of nitrogens with zero attached hydrogens (tertiary/aromatic N) is 3. The highest BCUT2D eigenvalue weighted by Crippen LogP contribution is 2.31. The fourth-order valence-corrected chi connectivity index (χ4v) is 3.98. The Morgan fingerprint density at radius 3 is 2.78 bits per heavy atom. The molecule has 1 aromatic heterocycles. The van der Waals surface area contributed by atoms with Gasteiger partial charge >= 0.3 is 0 Å². The molecule has 0 aliphatic carbocycles. The molecule has 5 nitrogen and oxygen atoms in total. The molecule has 2 aliphatic heterocycles. The van der Waals surface area contributed by atoms with Crippen LogP contribution in [-0.2, 0) is 17.6 Å². The number of nitrogens with one attached hydrogen (secondary N) is 1. The number of carbonyl (C=O) groups is 1. The Hall–Kier alpha value is -2.34. The molecule has 1 fully saturated rings. The highest BCUT2D eigenvalue weighted by molar-refractivity contribution is 5.95. The molecule has 3 heterocycles. The lowest BCUT2D eigenvalue weighted by Crippen LogP contribution is -2.39. The molecule has 1 saturated heterocycles. The Bertz CT molecular complexity index is 831. The molecule has 1 N–H and O–H groups in total. The monoisotopic (exact) mass is 368 g/mol. The number of carbonyl (C=O) groups excluding carboxylic acids is 1. The van der Waals surface area contributed by atoms with Crippen LogP contribution in [0.1, 0.15) is 47.8 Å². The average Bonchev–Trinajstić information content (AvgIpc) is 2.69. The molecular weight excluding hydrogens is 343 g/mol. The molecule has 0 saturated carbocycles. The number of benzene rings is 1. The van der Waals surface area contributed by atoms with E-state index >= 15 is 0 Å². The topological polar surface area (TPSA) is 58.1 Å². The smallest absolute Gasteiger partial charge is 0.228 e. The van der Waals surface area contributed by atoms with Crippen molar-refractivity contribution in [3.05, 3.63) is 52.7 Å². The van der Waals surface area contributed by atoms with Gasteiger partial charge in [-0.05, 0) is 56.8 Å². The molecule has 1 amide bonds. The summed E-state index contributed by atoms with van der Waals surface area (Å²) in [7, 11) is 0. The van der Waals surface area contributed by atoms with Gasteiger partial charge in [-0.15, -0.1) is 0 Å². The Morgan fingerprint density at radius 1 is 1.22 bits per heavy atom. The Morgan fingerprint density at radius 2 is 2.04 bits per heavy atom. The maximum atomic E-state index is 13.1. The summed E-state index contributed by atoms with van der Waals surface area (Å²) in [5.41, 5.74) is 3.08. The lowest BCUT2D eigenvalue weighted by Gasteiger charge is -2.31. The van der Waals surface area contributed by atoms with Crippen LogP contribution in [0, 0.1) is 12.7 Å². The number of fused-ring (bicyclic) bond motifs is 1. The summed E-state index contributed by atoms with van der Waals surface area (Å²) >= 11 is 0. The van der Waals surface area contributed by atoms with Gasteiger partial charge in [0.1, 0.15) is 17.5 Å². The third-order valence-electron chi connectivity index (χ3n) is 5.55. The average molecular weight is 368 g/mol. The highest BCUT2D eigenvalue weighted by atomic mass is 19.1. The van der Waals surface area contributed by atoms with Crippen LogP contribution in [0.15, 0.2) is 24.3 Å². The maximum absolute atomic E-state index is 13.1. The van der Waals surface area contributed by atoms with E-state index in [0.717, 1.165) is 54.4 Å². The SMILES string of the molecule is Cc1nc([C@@H]2CCCNC2)nc2c1CCC(=O)N2CCc1ccc(F)cc1. The molecule has 6 heteroatoms. The zero-order chi connectivity index (χ0) is 18.8. The Labute approximate surface area is 159 Å². The van der Waals surface area contributed by atoms with Gasteiger partial charge in [0.05, 0.1) is 0 Å². The zero-order valence-electron chi connectivity index (χ0n) is 15.7. The van der Waals surface area contributed by atoms with Crippen molar-refractivity contribution in [2.75, 3.05) is 24.5 Å². The van der Waals surface area contributed by atoms with Crippen LogP contribution < -0.4 is 10.2 Å². The van der Waals surface area contributed by atoms with Gasteiger partial charge < -0.3 is 5.32 Å². The van der Waals surface area contributed by atoms with Crippen LogP contribution >= 0.6 is 0 Å². The van der Waals surface area contributed by atoms with Crippen LogP contribution in [-0.4, -0.2) is 35.5 Å². The van der Waals surface area contributed by atoms with Crippen LogP contribution in [0.25, 0.3) is 0 Å². The lowest BCUT2D eigenvalue weighted by molar-refractivity contribution is -0.118. The number of anilines is 1. The molecule has 0 unspecified atom stereocenters. The minimum Gasteiger partial charge on any atom is -0.316 e. The number of piperidine rings is 1. The van der Waals surface area contributed by atoms with Gasteiger partial charge in [-0.2, -0.15) is 0 Å². The summed E-state index contributed by atoms with van der Waals surface area (Å²) in [6, 6.07) is 6.47.